The number of piperidine rings is 1. The van der Waals surface area contributed by atoms with E-state index in [-0.39, 0.29) is 5.91 Å². The van der Waals surface area contributed by atoms with E-state index in [9.17, 15) is 4.79 Å². The number of carbonyl (C=O) groups excluding carboxylic acids is 1. The zero-order valence-electron chi connectivity index (χ0n) is 13.8. The summed E-state index contributed by atoms with van der Waals surface area (Å²) in [4.78, 5) is 23.5. The largest absolute Gasteiger partial charge is 0.347 e. The first-order valence-corrected chi connectivity index (χ1v) is 8.63. The number of amides is 1. The van der Waals surface area contributed by atoms with Crippen molar-refractivity contribution in [2.24, 2.45) is 0 Å². The Balaban J connectivity index is 1.69. The molecule has 2 heterocycles. The highest BCUT2D eigenvalue weighted by atomic mass is 35.5. The second-order valence-corrected chi connectivity index (χ2v) is 6.49. The molecule has 1 aliphatic heterocycles. The molecule has 1 aliphatic rings. The van der Waals surface area contributed by atoms with Gasteiger partial charge < -0.3 is 10.2 Å². The number of benzene rings is 1. The van der Waals surface area contributed by atoms with Gasteiger partial charge in [-0.1, -0.05) is 23.7 Å². The van der Waals surface area contributed by atoms with E-state index in [1.54, 1.807) is 6.07 Å². The van der Waals surface area contributed by atoms with Gasteiger partial charge in [0.2, 0.25) is 5.95 Å². The summed E-state index contributed by atoms with van der Waals surface area (Å²) in [6.07, 6.45) is 3.54. The molecule has 0 saturated carbocycles. The van der Waals surface area contributed by atoms with E-state index in [1.807, 2.05) is 31.2 Å². The molecule has 6 heteroatoms. The summed E-state index contributed by atoms with van der Waals surface area (Å²) in [5.74, 6) is 0.472. The number of rotatable bonds is 4. The minimum Gasteiger partial charge on any atom is -0.347 e. The SMILES string of the molecule is Cc1cc(C(=O)NCc2ccc(Cl)cc2)nc(N2CCCCC2)n1. The van der Waals surface area contributed by atoms with Crippen LogP contribution in [0.2, 0.25) is 5.02 Å². The van der Waals surface area contributed by atoms with Crippen LogP contribution in [0.15, 0.2) is 30.3 Å². The monoisotopic (exact) mass is 344 g/mol. The minimum absolute atomic E-state index is 0.186. The van der Waals surface area contributed by atoms with Crippen LogP contribution in [0.3, 0.4) is 0 Å². The first-order chi connectivity index (χ1) is 11.6. The average molecular weight is 345 g/mol. The number of anilines is 1. The number of aryl methyl sites for hydroxylation is 1. The third kappa shape index (κ3) is 4.23. The Morgan fingerprint density at radius 3 is 2.58 bits per heavy atom. The highest BCUT2D eigenvalue weighted by Crippen LogP contribution is 2.17. The minimum atomic E-state index is -0.186. The van der Waals surface area contributed by atoms with E-state index in [4.69, 9.17) is 11.6 Å². The maximum Gasteiger partial charge on any atom is 0.270 e. The summed E-state index contributed by atoms with van der Waals surface area (Å²) in [5, 5.41) is 3.58. The van der Waals surface area contributed by atoms with Gasteiger partial charge in [-0.3, -0.25) is 4.79 Å². The van der Waals surface area contributed by atoms with Crippen molar-refractivity contribution in [1.82, 2.24) is 15.3 Å². The zero-order chi connectivity index (χ0) is 16.9. The highest BCUT2D eigenvalue weighted by Gasteiger charge is 2.17. The summed E-state index contributed by atoms with van der Waals surface area (Å²) >= 11 is 5.87. The topological polar surface area (TPSA) is 58.1 Å². The third-order valence-electron chi connectivity index (χ3n) is 4.08. The second-order valence-electron chi connectivity index (χ2n) is 6.05. The van der Waals surface area contributed by atoms with Crippen LogP contribution >= 0.6 is 11.6 Å². The Morgan fingerprint density at radius 2 is 1.88 bits per heavy atom. The predicted octanol–water partition coefficient (Wildman–Crippen LogP) is 3.36. The lowest BCUT2D eigenvalue weighted by molar-refractivity contribution is 0.0945. The Kier molecular flexibility index (Phi) is 5.30. The van der Waals surface area contributed by atoms with E-state index >= 15 is 0 Å². The first kappa shape index (κ1) is 16.7. The van der Waals surface area contributed by atoms with Crippen molar-refractivity contribution in [3.8, 4) is 0 Å². The van der Waals surface area contributed by atoms with Crippen molar-refractivity contribution >= 4 is 23.5 Å². The summed E-state index contributed by atoms with van der Waals surface area (Å²) in [5.41, 5.74) is 2.22. The standard InChI is InChI=1S/C18H21ClN4O/c1-13-11-16(22-18(21-13)23-9-3-2-4-10-23)17(24)20-12-14-5-7-15(19)8-6-14/h5-8,11H,2-4,9-10,12H2,1H3,(H,20,24). The molecule has 0 unspecified atom stereocenters. The van der Waals surface area contributed by atoms with Crippen LogP contribution in [0.1, 0.15) is 41.0 Å². The van der Waals surface area contributed by atoms with Crippen LogP contribution < -0.4 is 10.2 Å². The van der Waals surface area contributed by atoms with Gasteiger partial charge in [0.1, 0.15) is 5.69 Å². The number of nitrogens with one attached hydrogen (secondary N) is 1. The maximum atomic E-state index is 12.4. The quantitative estimate of drug-likeness (QED) is 0.924. The van der Waals surface area contributed by atoms with Crippen molar-refractivity contribution in [3.63, 3.8) is 0 Å². The van der Waals surface area contributed by atoms with E-state index in [1.165, 1.54) is 6.42 Å². The van der Waals surface area contributed by atoms with Crippen LogP contribution in [0.5, 0.6) is 0 Å². The normalized spacial score (nSPS) is 14.5. The maximum absolute atomic E-state index is 12.4. The lowest BCUT2D eigenvalue weighted by Crippen LogP contribution is -2.32. The number of hydrogen-bond acceptors (Lipinski definition) is 4. The van der Waals surface area contributed by atoms with E-state index in [2.05, 4.69) is 20.2 Å². The summed E-state index contributed by atoms with van der Waals surface area (Å²) in [7, 11) is 0. The number of hydrogen-bond donors (Lipinski definition) is 1. The third-order valence-corrected chi connectivity index (χ3v) is 4.33. The summed E-state index contributed by atoms with van der Waals surface area (Å²) in [6.45, 7) is 4.24. The van der Waals surface area contributed by atoms with Gasteiger partial charge in [-0.2, -0.15) is 0 Å². The molecule has 1 aromatic carbocycles. The smallest absolute Gasteiger partial charge is 0.270 e. The van der Waals surface area contributed by atoms with Crippen LogP contribution in [0.4, 0.5) is 5.95 Å². The number of aromatic nitrogens is 2. The van der Waals surface area contributed by atoms with Gasteiger partial charge in [-0.05, 0) is 49.9 Å². The Morgan fingerprint density at radius 1 is 1.17 bits per heavy atom. The second kappa shape index (κ2) is 7.62. The van der Waals surface area contributed by atoms with Crippen molar-refractivity contribution in [3.05, 3.63) is 52.3 Å². The number of carbonyl (C=O) groups is 1. The molecule has 2 aromatic rings. The van der Waals surface area contributed by atoms with Crippen LogP contribution in [0.25, 0.3) is 0 Å². The molecule has 24 heavy (non-hydrogen) atoms. The molecule has 5 nitrogen and oxygen atoms in total. The van der Waals surface area contributed by atoms with Gasteiger partial charge in [0.05, 0.1) is 0 Å². The summed E-state index contributed by atoms with van der Waals surface area (Å²) in [6, 6.07) is 9.14. The molecule has 1 aromatic heterocycles. The lowest BCUT2D eigenvalue weighted by Gasteiger charge is -2.27. The Bertz CT molecular complexity index is 711. The molecular formula is C18H21ClN4O. The molecule has 0 atom stereocenters. The van der Waals surface area contributed by atoms with Crippen LogP contribution in [-0.2, 0) is 6.54 Å². The summed E-state index contributed by atoms with van der Waals surface area (Å²) < 4.78 is 0. The Hall–Kier alpha value is -2.14. The fraction of sp³-hybridized carbons (Fsp3) is 0.389. The van der Waals surface area contributed by atoms with Gasteiger partial charge in [-0.15, -0.1) is 0 Å². The average Bonchev–Trinajstić information content (AvgIpc) is 2.61. The van der Waals surface area contributed by atoms with E-state index in [0.29, 0.717) is 23.2 Å². The van der Waals surface area contributed by atoms with Gasteiger partial charge in [0.25, 0.3) is 5.91 Å². The van der Waals surface area contributed by atoms with Crippen molar-refractivity contribution in [1.29, 1.82) is 0 Å². The van der Waals surface area contributed by atoms with Gasteiger partial charge in [0.15, 0.2) is 0 Å². The van der Waals surface area contributed by atoms with Crippen LogP contribution in [0, 0.1) is 6.92 Å². The number of nitrogens with zero attached hydrogens (tertiary/aromatic N) is 3. The van der Waals surface area contributed by atoms with Crippen molar-refractivity contribution in [2.75, 3.05) is 18.0 Å². The molecule has 0 radical (unpaired) electrons. The van der Waals surface area contributed by atoms with Gasteiger partial charge >= 0.3 is 0 Å². The molecule has 3 rings (SSSR count). The Labute approximate surface area is 147 Å². The molecule has 0 spiro atoms. The molecule has 1 saturated heterocycles. The molecule has 0 bridgehead atoms. The zero-order valence-corrected chi connectivity index (χ0v) is 14.5. The van der Waals surface area contributed by atoms with Crippen molar-refractivity contribution in [2.45, 2.75) is 32.7 Å². The fourth-order valence-corrected chi connectivity index (χ4v) is 2.91. The van der Waals surface area contributed by atoms with Gasteiger partial charge in [0, 0.05) is 30.4 Å². The van der Waals surface area contributed by atoms with E-state index in [0.717, 1.165) is 37.2 Å². The van der Waals surface area contributed by atoms with Crippen molar-refractivity contribution < 1.29 is 4.79 Å². The highest BCUT2D eigenvalue weighted by molar-refractivity contribution is 6.30. The molecule has 126 valence electrons. The first-order valence-electron chi connectivity index (χ1n) is 8.25. The molecule has 1 amide bonds. The van der Waals surface area contributed by atoms with Gasteiger partial charge in [-0.25, -0.2) is 9.97 Å². The predicted molar refractivity (Wildman–Crippen MR) is 95.5 cm³/mol. The van der Waals surface area contributed by atoms with Crippen LogP contribution in [-0.4, -0.2) is 29.0 Å². The molecular weight excluding hydrogens is 324 g/mol. The van der Waals surface area contributed by atoms with E-state index < -0.39 is 0 Å². The molecule has 1 fully saturated rings. The molecule has 1 N–H and O–H groups in total. The molecule has 0 aliphatic carbocycles. The lowest BCUT2D eigenvalue weighted by atomic mass is 10.1. The number of halogens is 1. The fourth-order valence-electron chi connectivity index (χ4n) is 2.78.